The summed E-state index contributed by atoms with van der Waals surface area (Å²) in [5, 5.41) is 6.59. The summed E-state index contributed by atoms with van der Waals surface area (Å²) in [6.07, 6.45) is 1.69. The minimum Gasteiger partial charge on any atom is -0.497 e. The van der Waals surface area contributed by atoms with Crippen molar-refractivity contribution in [3.8, 4) is 11.5 Å². The number of benzene rings is 2. The predicted octanol–water partition coefficient (Wildman–Crippen LogP) is 2.21. The van der Waals surface area contributed by atoms with Crippen LogP contribution >= 0.6 is 0 Å². The van der Waals surface area contributed by atoms with E-state index in [9.17, 15) is 9.59 Å². The summed E-state index contributed by atoms with van der Waals surface area (Å²) in [6.45, 7) is 3.55. The number of amides is 2. The maximum absolute atomic E-state index is 12.1. The van der Waals surface area contributed by atoms with E-state index in [4.69, 9.17) is 9.47 Å². The minimum absolute atomic E-state index is 0.175. The van der Waals surface area contributed by atoms with Gasteiger partial charge >= 0.3 is 0 Å². The Morgan fingerprint density at radius 3 is 2.46 bits per heavy atom. The Hall–Kier alpha value is -3.35. The average molecular weight is 383 g/mol. The molecule has 0 spiro atoms. The smallest absolute Gasteiger partial charge is 0.262 e. The van der Waals surface area contributed by atoms with Crippen molar-refractivity contribution in [2.24, 2.45) is 5.10 Å². The molecule has 2 N–H and O–H groups in total. The minimum atomic E-state index is -0.713. The molecule has 148 valence electrons. The van der Waals surface area contributed by atoms with Crippen molar-refractivity contribution >= 4 is 18.0 Å². The highest BCUT2D eigenvalue weighted by molar-refractivity contribution is 5.89. The predicted molar refractivity (Wildman–Crippen MR) is 108 cm³/mol. The highest BCUT2D eigenvalue weighted by atomic mass is 16.5. The first-order chi connectivity index (χ1) is 13.4. The Kier molecular flexibility index (Phi) is 7.56. The van der Waals surface area contributed by atoms with Crippen molar-refractivity contribution in [2.75, 3.05) is 14.2 Å². The van der Waals surface area contributed by atoms with Gasteiger partial charge < -0.3 is 14.8 Å². The van der Waals surface area contributed by atoms with Crippen molar-refractivity contribution in [1.29, 1.82) is 0 Å². The van der Waals surface area contributed by atoms with E-state index in [1.54, 1.807) is 33.3 Å². The lowest BCUT2D eigenvalue weighted by atomic mass is 10.1. The first kappa shape index (κ1) is 21.0. The molecular formula is C21H25N3O4. The Balaban J connectivity index is 1.83. The number of aryl methyl sites for hydroxylation is 1. The molecule has 7 nitrogen and oxygen atoms in total. The van der Waals surface area contributed by atoms with E-state index in [1.807, 2.05) is 37.3 Å². The van der Waals surface area contributed by atoms with Crippen LogP contribution in [0.15, 0.2) is 47.6 Å². The third-order valence-corrected chi connectivity index (χ3v) is 4.11. The monoisotopic (exact) mass is 383 g/mol. The Morgan fingerprint density at radius 2 is 1.82 bits per heavy atom. The molecule has 0 aromatic heterocycles. The number of ether oxygens (including phenoxy) is 2. The summed E-state index contributed by atoms with van der Waals surface area (Å²) in [5.74, 6) is 0.814. The van der Waals surface area contributed by atoms with Gasteiger partial charge in [-0.05, 0) is 48.7 Å². The van der Waals surface area contributed by atoms with Crippen LogP contribution in [0.4, 0.5) is 0 Å². The van der Waals surface area contributed by atoms with Gasteiger partial charge in [0.05, 0.1) is 26.9 Å². The van der Waals surface area contributed by atoms with E-state index in [1.165, 1.54) is 6.21 Å². The maximum atomic E-state index is 12.1. The first-order valence-corrected chi connectivity index (χ1v) is 8.82. The summed E-state index contributed by atoms with van der Waals surface area (Å²) in [6, 6.07) is 12.1. The zero-order valence-corrected chi connectivity index (χ0v) is 16.5. The molecule has 7 heteroatoms. The molecule has 0 radical (unpaired) electrons. The second-order valence-corrected chi connectivity index (χ2v) is 6.28. The van der Waals surface area contributed by atoms with Crippen molar-refractivity contribution < 1.29 is 19.1 Å². The van der Waals surface area contributed by atoms with Gasteiger partial charge in [-0.25, -0.2) is 5.43 Å². The number of hydrazone groups is 1. The molecule has 2 rings (SSSR count). The zero-order valence-electron chi connectivity index (χ0n) is 16.5. The van der Waals surface area contributed by atoms with Crippen molar-refractivity contribution in [1.82, 2.24) is 10.7 Å². The summed E-state index contributed by atoms with van der Waals surface area (Å²) >= 11 is 0. The lowest BCUT2D eigenvalue weighted by Gasteiger charge is -2.12. The Morgan fingerprint density at radius 1 is 1.11 bits per heavy atom. The number of hydrogen-bond donors (Lipinski definition) is 2. The summed E-state index contributed by atoms with van der Waals surface area (Å²) < 4.78 is 10.3. The lowest BCUT2D eigenvalue weighted by molar-refractivity contribution is -0.128. The van der Waals surface area contributed by atoms with Gasteiger partial charge in [-0.15, -0.1) is 0 Å². The van der Waals surface area contributed by atoms with Gasteiger partial charge in [0, 0.05) is 0 Å². The Bertz CT molecular complexity index is 847. The molecule has 0 aliphatic heterocycles. The van der Waals surface area contributed by atoms with Gasteiger partial charge in [0.1, 0.15) is 17.5 Å². The van der Waals surface area contributed by atoms with Gasteiger partial charge in [-0.1, -0.05) is 24.3 Å². The van der Waals surface area contributed by atoms with Gasteiger partial charge in [0.15, 0.2) is 0 Å². The molecule has 1 atom stereocenters. The molecule has 2 amide bonds. The standard InChI is InChI=1S/C21H25N3O4/c1-14-5-6-17(11-19(14)28-4)13-22-24-21(26)15(2)23-20(25)12-16-7-9-18(27-3)10-8-16/h5-11,13,15H,12H2,1-4H3,(H,23,25)(H,24,26). The van der Waals surface area contributed by atoms with E-state index < -0.39 is 11.9 Å². The van der Waals surface area contributed by atoms with Crippen molar-refractivity contribution in [3.63, 3.8) is 0 Å². The summed E-state index contributed by atoms with van der Waals surface area (Å²) in [5.41, 5.74) is 5.06. The SMILES string of the molecule is COc1ccc(CC(=O)NC(C)C(=O)NN=Cc2ccc(C)c(OC)c2)cc1. The lowest BCUT2D eigenvalue weighted by Crippen LogP contribution is -2.43. The molecule has 0 bridgehead atoms. The molecule has 0 saturated heterocycles. The molecule has 0 heterocycles. The second kappa shape index (κ2) is 10.1. The van der Waals surface area contributed by atoms with E-state index in [0.717, 1.165) is 28.2 Å². The van der Waals surface area contributed by atoms with Crippen LogP contribution < -0.4 is 20.2 Å². The highest BCUT2D eigenvalue weighted by Gasteiger charge is 2.15. The van der Waals surface area contributed by atoms with Crippen LogP contribution in [0.25, 0.3) is 0 Å². The molecule has 2 aromatic rings. The molecule has 0 fully saturated rings. The van der Waals surface area contributed by atoms with Crippen LogP contribution in [0.1, 0.15) is 23.6 Å². The number of rotatable bonds is 8. The van der Waals surface area contributed by atoms with Gasteiger partial charge in [0.25, 0.3) is 5.91 Å². The van der Waals surface area contributed by atoms with E-state index in [2.05, 4.69) is 15.8 Å². The van der Waals surface area contributed by atoms with Crippen molar-refractivity contribution in [3.05, 3.63) is 59.2 Å². The number of nitrogens with zero attached hydrogens (tertiary/aromatic N) is 1. The van der Waals surface area contributed by atoms with Crippen molar-refractivity contribution in [2.45, 2.75) is 26.3 Å². The third kappa shape index (κ3) is 6.12. The van der Waals surface area contributed by atoms with Crippen LogP contribution in [-0.4, -0.2) is 38.3 Å². The van der Waals surface area contributed by atoms with Gasteiger partial charge in [0.2, 0.25) is 5.91 Å². The van der Waals surface area contributed by atoms with Crippen LogP contribution in [0.3, 0.4) is 0 Å². The first-order valence-electron chi connectivity index (χ1n) is 8.82. The molecule has 1 unspecified atom stereocenters. The van der Waals surface area contributed by atoms with E-state index in [-0.39, 0.29) is 12.3 Å². The highest BCUT2D eigenvalue weighted by Crippen LogP contribution is 2.17. The number of hydrogen-bond acceptors (Lipinski definition) is 5. The normalized spacial score (nSPS) is 11.7. The van der Waals surface area contributed by atoms with E-state index >= 15 is 0 Å². The van der Waals surface area contributed by atoms with Gasteiger partial charge in [-0.2, -0.15) is 5.10 Å². The fraction of sp³-hybridized carbons (Fsp3) is 0.286. The van der Waals surface area contributed by atoms with Crippen LogP contribution in [0, 0.1) is 6.92 Å². The topological polar surface area (TPSA) is 89.0 Å². The fourth-order valence-corrected chi connectivity index (χ4v) is 2.47. The van der Waals surface area contributed by atoms with Gasteiger partial charge in [-0.3, -0.25) is 9.59 Å². The molecule has 0 aliphatic carbocycles. The second-order valence-electron chi connectivity index (χ2n) is 6.28. The zero-order chi connectivity index (χ0) is 20.5. The Labute approximate surface area is 164 Å². The average Bonchev–Trinajstić information content (AvgIpc) is 2.69. The summed E-state index contributed by atoms with van der Waals surface area (Å²) in [7, 11) is 3.18. The molecule has 2 aromatic carbocycles. The summed E-state index contributed by atoms with van der Waals surface area (Å²) in [4.78, 5) is 24.2. The number of nitrogens with one attached hydrogen (secondary N) is 2. The van der Waals surface area contributed by atoms with E-state index in [0.29, 0.717) is 0 Å². The maximum Gasteiger partial charge on any atom is 0.262 e. The third-order valence-electron chi connectivity index (χ3n) is 4.11. The molecule has 0 aliphatic rings. The quantitative estimate of drug-likeness (QED) is 0.540. The number of carbonyl (C=O) groups is 2. The molecule has 28 heavy (non-hydrogen) atoms. The number of carbonyl (C=O) groups excluding carboxylic acids is 2. The fourth-order valence-electron chi connectivity index (χ4n) is 2.47. The molecule has 0 saturated carbocycles. The molecular weight excluding hydrogens is 358 g/mol. The van der Waals surface area contributed by atoms with Crippen LogP contribution in [-0.2, 0) is 16.0 Å². The number of methoxy groups -OCH3 is 2. The van der Waals surface area contributed by atoms with Crippen LogP contribution in [0.5, 0.6) is 11.5 Å². The largest absolute Gasteiger partial charge is 0.497 e. The van der Waals surface area contributed by atoms with Crippen LogP contribution in [0.2, 0.25) is 0 Å².